The maximum absolute atomic E-state index is 13.9. The Morgan fingerprint density at radius 2 is 1.56 bits per heavy atom. The number of aliphatic carboxylic acids is 1. The number of benzene rings is 1. The van der Waals surface area contributed by atoms with Crippen molar-refractivity contribution in [1.29, 1.82) is 0 Å². The minimum Gasteiger partial charge on any atom is -0.481 e. The number of hydrogen-bond acceptors (Lipinski definition) is 9. The molecule has 0 bridgehead atoms. The fraction of sp³-hybridized carbons (Fsp3) is 0.514. The molecular formula is C35H40F6N6O5. The second-order valence-corrected chi connectivity index (χ2v) is 13.8. The third-order valence-electron chi connectivity index (χ3n) is 9.05. The zero-order chi connectivity index (χ0) is 38.2. The summed E-state index contributed by atoms with van der Waals surface area (Å²) in [6.45, 7) is 7.33. The first-order valence-corrected chi connectivity index (χ1v) is 16.7. The number of methoxy groups -OCH3 is 1. The van der Waals surface area contributed by atoms with Gasteiger partial charge in [0.25, 0.3) is 0 Å². The molecule has 0 saturated carbocycles. The molecule has 5 rings (SSSR count). The number of ether oxygens (including phenoxy) is 2. The number of amides is 1. The number of nitrogens with zero attached hydrogens (tertiary/aromatic N) is 6. The van der Waals surface area contributed by atoms with Crippen LogP contribution in [0.4, 0.5) is 48.5 Å². The third kappa shape index (κ3) is 8.61. The number of hydrogen-bond donors (Lipinski definition) is 1. The predicted molar refractivity (Wildman–Crippen MR) is 178 cm³/mol. The van der Waals surface area contributed by atoms with Crippen LogP contribution in [0.15, 0.2) is 42.7 Å². The molecule has 17 heteroatoms. The summed E-state index contributed by atoms with van der Waals surface area (Å²) < 4.78 is 94.7. The summed E-state index contributed by atoms with van der Waals surface area (Å²) in [7, 11) is 1.38. The van der Waals surface area contributed by atoms with Gasteiger partial charge >= 0.3 is 24.4 Å². The Bertz CT molecular complexity index is 1720. The van der Waals surface area contributed by atoms with Crippen LogP contribution in [-0.2, 0) is 28.4 Å². The van der Waals surface area contributed by atoms with Crippen molar-refractivity contribution in [3.05, 3.63) is 65.1 Å². The molecule has 1 saturated heterocycles. The second-order valence-electron chi connectivity index (χ2n) is 13.8. The number of alkyl halides is 6. The Morgan fingerprint density at radius 1 is 0.962 bits per heavy atom. The summed E-state index contributed by atoms with van der Waals surface area (Å²) in [5.74, 6) is -1.22. The van der Waals surface area contributed by atoms with Gasteiger partial charge in [0.05, 0.1) is 59.7 Å². The number of carbonyl (C=O) groups is 2. The number of pyridine rings is 1. The topological polar surface area (TPSA) is 121 Å². The van der Waals surface area contributed by atoms with E-state index in [2.05, 4.69) is 15.0 Å². The number of anilines is 3. The zero-order valence-electron chi connectivity index (χ0n) is 29.3. The largest absolute Gasteiger partial charge is 0.481 e. The van der Waals surface area contributed by atoms with E-state index in [0.29, 0.717) is 55.9 Å². The molecule has 1 amide bonds. The van der Waals surface area contributed by atoms with Crippen LogP contribution < -0.4 is 19.4 Å². The van der Waals surface area contributed by atoms with Gasteiger partial charge in [-0.25, -0.2) is 19.7 Å². The minimum atomic E-state index is -5.07. The van der Waals surface area contributed by atoms with E-state index in [1.165, 1.54) is 35.4 Å². The Balaban J connectivity index is 1.63. The summed E-state index contributed by atoms with van der Waals surface area (Å²) in [6.07, 6.45) is -6.49. The van der Waals surface area contributed by atoms with Gasteiger partial charge in [0.1, 0.15) is 5.60 Å². The van der Waals surface area contributed by atoms with Gasteiger partial charge in [0.15, 0.2) is 0 Å². The lowest BCUT2D eigenvalue weighted by Gasteiger charge is -2.44. The molecule has 0 spiro atoms. The van der Waals surface area contributed by atoms with Crippen LogP contribution in [-0.4, -0.2) is 64.0 Å². The fourth-order valence-electron chi connectivity index (χ4n) is 6.50. The number of fused-ring (bicyclic) bond motifs is 1. The van der Waals surface area contributed by atoms with E-state index < -0.39 is 65.7 Å². The average molecular weight is 739 g/mol. The van der Waals surface area contributed by atoms with Gasteiger partial charge in [0.2, 0.25) is 11.8 Å². The Morgan fingerprint density at radius 3 is 2.06 bits per heavy atom. The van der Waals surface area contributed by atoms with Crippen LogP contribution in [0.3, 0.4) is 0 Å². The summed E-state index contributed by atoms with van der Waals surface area (Å²) in [5, 5.41) is 9.38. The van der Waals surface area contributed by atoms with Gasteiger partial charge in [-0.05, 0) is 76.3 Å². The molecule has 0 radical (unpaired) electrons. The Labute approximate surface area is 296 Å². The van der Waals surface area contributed by atoms with Gasteiger partial charge in [0, 0.05) is 31.7 Å². The van der Waals surface area contributed by atoms with E-state index in [-0.39, 0.29) is 35.6 Å². The molecule has 2 atom stereocenters. The molecular weight excluding hydrogens is 698 g/mol. The summed E-state index contributed by atoms with van der Waals surface area (Å²) >= 11 is 0. The summed E-state index contributed by atoms with van der Waals surface area (Å²) in [4.78, 5) is 43.6. The van der Waals surface area contributed by atoms with Crippen LogP contribution in [0.25, 0.3) is 0 Å². The number of rotatable bonds is 8. The van der Waals surface area contributed by atoms with Crippen molar-refractivity contribution < 1.29 is 50.5 Å². The lowest BCUT2D eigenvalue weighted by atomic mass is 9.92. The van der Waals surface area contributed by atoms with Crippen molar-refractivity contribution in [3.8, 4) is 5.88 Å². The van der Waals surface area contributed by atoms with Crippen LogP contribution in [0, 0.1) is 5.92 Å². The molecule has 1 unspecified atom stereocenters. The van der Waals surface area contributed by atoms with E-state index in [9.17, 15) is 41.0 Å². The third-order valence-corrected chi connectivity index (χ3v) is 9.05. The lowest BCUT2D eigenvalue weighted by Crippen LogP contribution is -2.49. The predicted octanol–water partition coefficient (Wildman–Crippen LogP) is 7.89. The molecule has 2 aliphatic rings. The maximum atomic E-state index is 13.9. The SMILES string of the molecule is CC[C@@H]1CC(N(Cc2cc(C(F)(F)F)cc(C(F)(F)F)c2)c2ncc(N3CCC(C(=O)O)CC3)cn2)c2nc(OC)ccc2N1C(=O)OC(C)(C)C. The summed E-state index contributed by atoms with van der Waals surface area (Å²) in [5.41, 5.74) is -2.96. The lowest BCUT2D eigenvalue weighted by molar-refractivity contribution is -0.144. The molecule has 11 nitrogen and oxygen atoms in total. The number of carboxylic acids is 1. The Kier molecular flexibility index (Phi) is 10.8. The zero-order valence-corrected chi connectivity index (χ0v) is 29.3. The van der Waals surface area contributed by atoms with Crippen molar-refractivity contribution in [1.82, 2.24) is 15.0 Å². The molecule has 2 aromatic heterocycles. The fourth-order valence-corrected chi connectivity index (χ4v) is 6.50. The first-order valence-electron chi connectivity index (χ1n) is 16.7. The van der Waals surface area contributed by atoms with Crippen LogP contribution in [0.2, 0.25) is 0 Å². The monoisotopic (exact) mass is 738 g/mol. The highest BCUT2D eigenvalue weighted by atomic mass is 19.4. The van der Waals surface area contributed by atoms with Crippen LogP contribution in [0.5, 0.6) is 5.88 Å². The molecule has 4 heterocycles. The van der Waals surface area contributed by atoms with E-state index in [1.807, 2.05) is 11.8 Å². The average Bonchev–Trinajstić information content (AvgIpc) is 3.08. The van der Waals surface area contributed by atoms with E-state index in [4.69, 9.17) is 9.47 Å². The maximum Gasteiger partial charge on any atom is 0.416 e. The number of carbonyl (C=O) groups excluding carboxylic acids is 1. The van der Waals surface area contributed by atoms with Crippen molar-refractivity contribution in [2.24, 2.45) is 5.92 Å². The quantitative estimate of drug-likeness (QED) is 0.229. The molecule has 282 valence electrons. The highest BCUT2D eigenvalue weighted by Crippen LogP contribution is 2.44. The van der Waals surface area contributed by atoms with Gasteiger partial charge in [-0.2, -0.15) is 26.3 Å². The number of halogens is 6. The van der Waals surface area contributed by atoms with Gasteiger partial charge in [-0.1, -0.05) is 6.92 Å². The van der Waals surface area contributed by atoms with Gasteiger partial charge < -0.3 is 24.4 Å². The second kappa shape index (κ2) is 14.7. The van der Waals surface area contributed by atoms with Gasteiger partial charge in [-0.3, -0.25) is 9.69 Å². The molecule has 1 N–H and O–H groups in total. The molecule has 2 aliphatic heterocycles. The normalized spacial score (nSPS) is 18.5. The van der Waals surface area contributed by atoms with Crippen LogP contribution in [0.1, 0.15) is 81.8 Å². The van der Waals surface area contributed by atoms with Crippen LogP contribution >= 0.6 is 0 Å². The van der Waals surface area contributed by atoms with Crippen molar-refractivity contribution in [2.75, 3.05) is 34.9 Å². The van der Waals surface area contributed by atoms with Crippen molar-refractivity contribution in [2.45, 2.75) is 90.0 Å². The minimum absolute atomic E-state index is 0.0173. The number of aromatic nitrogens is 3. The summed E-state index contributed by atoms with van der Waals surface area (Å²) in [6, 6.07) is 3.14. The highest BCUT2D eigenvalue weighted by Gasteiger charge is 2.43. The first kappa shape index (κ1) is 38.4. The molecule has 1 aromatic carbocycles. The Hall–Kier alpha value is -4.83. The standard InChI is InChI=1S/C35H40F6N6O5/c1-6-24-16-27(29-26(7-8-28(44-29)51-5)47(24)32(50)52-33(2,3)4)46(19-20-13-22(34(36,37)38)15-23(14-20)35(39,40)41)31-42-17-25(18-43-31)45-11-9-21(10-12-45)30(48)49/h7-8,13-15,17-18,21,24,27H,6,9-12,16,19H2,1-5H3,(H,48,49)/t24-,27?/m1/s1. The number of piperidine rings is 1. The molecule has 3 aromatic rings. The van der Waals surface area contributed by atoms with E-state index >= 15 is 0 Å². The molecule has 52 heavy (non-hydrogen) atoms. The van der Waals surface area contributed by atoms with Crippen molar-refractivity contribution >= 4 is 29.4 Å². The van der Waals surface area contributed by atoms with Gasteiger partial charge in [-0.15, -0.1) is 0 Å². The van der Waals surface area contributed by atoms with E-state index in [1.54, 1.807) is 26.8 Å². The number of carboxylic acid groups (broad SMARTS) is 1. The molecule has 0 aliphatic carbocycles. The smallest absolute Gasteiger partial charge is 0.416 e. The highest BCUT2D eigenvalue weighted by molar-refractivity contribution is 5.90. The first-order chi connectivity index (χ1) is 24.3. The molecule has 1 fully saturated rings. The van der Waals surface area contributed by atoms with E-state index in [0.717, 1.165) is 0 Å². The van der Waals surface area contributed by atoms with Crippen molar-refractivity contribution in [3.63, 3.8) is 0 Å².